The van der Waals surface area contributed by atoms with Gasteiger partial charge in [0.25, 0.3) is 10.0 Å². The predicted octanol–water partition coefficient (Wildman–Crippen LogP) is 0.211. The summed E-state index contributed by atoms with van der Waals surface area (Å²) in [5.74, 6) is 5.50. The van der Waals surface area contributed by atoms with Crippen LogP contribution in [0.25, 0.3) is 5.65 Å². The Labute approximate surface area is 119 Å². The minimum atomic E-state index is -3.93. The fourth-order valence-corrected chi connectivity index (χ4v) is 3.12. The van der Waals surface area contributed by atoms with Crippen molar-refractivity contribution in [2.75, 3.05) is 10.1 Å². The number of nitrogen functional groups attached to an aromatic ring is 1. The molecule has 0 aliphatic rings. The predicted molar refractivity (Wildman–Crippen MR) is 75.8 cm³/mol. The maximum absolute atomic E-state index is 12.5. The number of pyridine rings is 1. The van der Waals surface area contributed by atoms with E-state index >= 15 is 0 Å². The zero-order chi connectivity index (χ0) is 14.9. The number of anilines is 2. The largest absolute Gasteiger partial charge is 0.306 e. The summed E-state index contributed by atoms with van der Waals surface area (Å²) in [4.78, 5) is 4.11. The van der Waals surface area contributed by atoms with E-state index in [1.165, 1.54) is 16.7 Å². The standard InChI is InChI=1S/C11H11N7O2S/c12-15-10-11(18-7-2-1-5-9(18)14-10)21(19,20)17-8-4-3-6-13-16-8/h1-7,15H,12H2,(H,16,17). The second kappa shape index (κ2) is 5.00. The normalized spacial score (nSPS) is 11.5. The number of hydrazine groups is 1. The van der Waals surface area contributed by atoms with Crippen LogP contribution in [-0.2, 0) is 10.0 Å². The molecule has 0 saturated heterocycles. The summed E-state index contributed by atoms with van der Waals surface area (Å²) >= 11 is 0. The highest BCUT2D eigenvalue weighted by Crippen LogP contribution is 2.23. The second-order valence-electron chi connectivity index (χ2n) is 4.05. The van der Waals surface area contributed by atoms with Crippen LogP contribution in [0.4, 0.5) is 11.6 Å². The second-order valence-corrected chi connectivity index (χ2v) is 5.65. The summed E-state index contributed by atoms with van der Waals surface area (Å²) in [7, 11) is -3.93. The highest BCUT2D eigenvalue weighted by Gasteiger charge is 2.25. The first-order valence-electron chi connectivity index (χ1n) is 5.86. The average Bonchev–Trinajstić information content (AvgIpc) is 2.87. The van der Waals surface area contributed by atoms with Gasteiger partial charge in [-0.1, -0.05) is 6.07 Å². The van der Waals surface area contributed by atoms with E-state index in [0.29, 0.717) is 5.65 Å². The smallest absolute Gasteiger partial charge is 0.283 e. The van der Waals surface area contributed by atoms with Gasteiger partial charge in [-0.15, -0.1) is 5.10 Å². The van der Waals surface area contributed by atoms with Gasteiger partial charge in [0.2, 0.25) is 5.03 Å². The zero-order valence-corrected chi connectivity index (χ0v) is 11.4. The van der Waals surface area contributed by atoms with Gasteiger partial charge in [-0.05, 0) is 24.3 Å². The van der Waals surface area contributed by atoms with Crippen LogP contribution in [0, 0.1) is 0 Å². The van der Waals surface area contributed by atoms with Crippen molar-refractivity contribution in [3.8, 4) is 0 Å². The van der Waals surface area contributed by atoms with Gasteiger partial charge in [-0.2, -0.15) is 13.5 Å². The van der Waals surface area contributed by atoms with Crippen LogP contribution >= 0.6 is 0 Å². The molecule has 0 spiro atoms. The lowest BCUT2D eigenvalue weighted by atomic mass is 10.5. The molecule has 0 aliphatic carbocycles. The van der Waals surface area contributed by atoms with Crippen molar-refractivity contribution in [3.63, 3.8) is 0 Å². The molecule has 4 N–H and O–H groups in total. The molecule has 3 aromatic rings. The molecule has 3 heterocycles. The highest BCUT2D eigenvalue weighted by molar-refractivity contribution is 7.92. The Morgan fingerprint density at radius 1 is 1.19 bits per heavy atom. The topological polar surface area (TPSA) is 127 Å². The number of aromatic nitrogens is 4. The molecule has 0 radical (unpaired) electrons. The molecular formula is C11H11N7O2S. The first-order valence-corrected chi connectivity index (χ1v) is 7.34. The van der Waals surface area contributed by atoms with Crippen molar-refractivity contribution in [1.82, 2.24) is 19.6 Å². The molecule has 0 unspecified atom stereocenters. The van der Waals surface area contributed by atoms with Crippen molar-refractivity contribution >= 4 is 27.3 Å². The quantitative estimate of drug-likeness (QED) is 0.464. The van der Waals surface area contributed by atoms with Crippen LogP contribution in [0.3, 0.4) is 0 Å². The number of hydrogen-bond donors (Lipinski definition) is 3. The summed E-state index contributed by atoms with van der Waals surface area (Å²) in [5, 5.41) is 7.20. The fraction of sp³-hybridized carbons (Fsp3) is 0. The summed E-state index contributed by atoms with van der Waals surface area (Å²) in [6.07, 6.45) is 3.02. The van der Waals surface area contributed by atoms with E-state index in [4.69, 9.17) is 5.84 Å². The van der Waals surface area contributed by atoms with Crippen molar-refractivity contribution in [2.45, 2.75) is 5.03 Å². The highest BCUT2D eigenvalue weighted by atomic mass is 32.2. The number of nitrogens with one attached hydrogen (secondary N) is 2. The van der Waals surface area contributed by atoms with Gasteiger partial charge >= 0.3 is 0 Å². The number of nitrogens with zero attached hydrogens (tertiary/aromatic N) is 4. The summed E-state index contributed by atoms with van der Waals surface area (Å²) in [6.45, 7) is 0. The van der Waals surface area contributed by atoms with Crippen molar-refractivity contribution in [3.05, 3.63) is 42.7 Å². The third kappa shape index (κ3) is 2.37. The molecule has 0 aromatic carbocycles. The molecule has 10 heteroatoms. The lowest BCUT2D eigenvalue weighted by Gasteiger charge is -2.07. The Morgan fingerprint density at radius 3 is 2.76 bits per heavy atom. The summed E-state index contributed by atoms with van der Waals surface area (Å²) < 4.78 is 28.8. The minimum absolute atomic E-state index is 0.0394. The summed E-state index contributed by atoms with van der Waals surface area (Å²) in [6, 6.07) is 8.17. The van der Waals surface area contributed by atoms with Crippen molar-refractivity contribution < 1.29 is 8.42 Å². The number of fused-ring (bicyclic) bond motifs is 1. The number of sulfonamides is 1. The van der Waals surface area contributed by atoms with E-state index < -0.39 is 10.0 Å². The Hall–Kier alpha value is -2.72. The maximum atomic E-state index is 12.5. The van der Waals surface area contributed by atoms with E-state index in [9.17, 15) is 8.42 Å². The van der Waals surface area contributed by atoms with Gasteiger partial charge in [0.05, 0.1) is 0 Å². The molecule has 0 amide bonds. The lowest BCUT2D eigenvalue weighted by molar-refractivity contribution is 0.596. The average molecular weight is 305 g/mol. The first-order chi connectivity index (χ1) is 10.1. The van der Waals surface area contributed by atoms with E-state index in [2.05, 4.69) is 25.3 Å². The third-order valence-corrected chi connectivity index (χ3v) is 4.07. The molecule has 21 heavy (non-hydrogen) atoms. The van der Waals surface area contributed by atoms with Crippen LogP contribution < -0.4 is 16.0 Å². The molecule has 0 bridgehead atoms. The molecule has 0 aliphatic heterocycles. The van der Waals surface area contributed by atoms with Gasteiger partial charge in [-0.25, -0.2) is 10.8 Å². The number of imidazole rings is 1. The zero-order valence-electron chi connectivity index (χ0n) is 10.6. The maximum Gasteiger partial charge on any atom is 0.283 e. The van der Waals surface area contributed by atoms with Gasteiger partial charge in [0.1, 0.15) is 5.65 Å². The third-order valence-electron chi connectivity index (χ3n) is 2.69. The Kier molecular flexibility index (Phi) is 3.16. The molecule has 3 rings (SSSR count). The lowest BCUT2D eigenvalue weighted by Crippen LogP contribution is -2.19. The molecule has 3 aromatic heterocycles. The fourth-order valence-electron chi connectivity index (χ4n) is 1.87. The van der Waals surface area contributed by atoms with Crippen LogP contribution in [0.5, 0.6) is 0 Å². The van der Waals surface area contributed by atoms with Crippen molar-refractivity contribution in [1.29, 1.82) is 0 Å². The van der Waals surface area contributed by atoms with Gasteiger partial charge in [0, 0.05) is 12.4 Å². The number of nitrogens with two attached hydrogens (primary N) is 1. The Balaban J connectivity index is 2.14. The van der Waals surface area contributed by atoms with Gasteiger partial charge in [-0.3, -0.25) is 9.12 Å². The van der Waals surface area contributed by atoms with Crippen LogP contribution in [-0.4, -0.2) is 28.0 Å². The van der Waals surface area contributed by atoms with Gasteiger partial charge < -0.3 is 5.43 Å². The molecule has 0 atom stereocenters. The van der Waals surface area contributed by atoms with Crippen LogP contribution in [0.1, 0.15) is 0 Å². The molecule has 0 saturated carbocycles. The van der Waals surface area contributed by atoms with Crippen molar-refractivity contribution in [2.24, 2.45) is 5.84 Å². The van der Waals surface area contributed by atoms with Crippen LogP contribution in [0.15, 0.2) is 47.8 Å². The molecular weight excluding hydrogens is 294 g/mol. The number of hydrogen-bond acceptors (Lipinski definition) is 7. The Morgan fingerprint density at radius 2 is 2.05 bits per heavy atom. The van der Waals surface area contributed by atoms with Gasteiger partial charge in [0.15, 0.2) is 11.6 Å². The Bertz CT molecular complexity index is 876. The summed E-state index contributed by atoms with van der Waals surface area (Å²) in [5.41, 5.74) is 2.74. The SMILES string of the molecule is NNc1nc2ccccn2c1S(=O)(=O)Nc1cccnn1. The molecule has 108 valence electrons. The number of rotatable bonds is 4. The van der Waals surface area contributed by atoms with Crippen LogP contribution in [0.2, 0.25) is 0 Å². The minimum Gasteiger partial charge on any atom is -0.306 e. The van der Waals surface area contributed by atoms with E-state index in [0.717, 1.165) is 0 Å². The van der Waals surface area contributed by atoms with E-state index in [1.54, 1.807) is 30.5 Å². The van der Waals surface area contributed by atoms with E-state index in [1.807, 2.05) is 0 Å². The van der Waals surface area contributed by atoms with E-state index in [-0.39, 0.29) is 16.7 Å². The first kappa shape index (κ1) is 13.3. The molecule has 0 fully saturated rings. The molecule has 9 nitrogen and oxygen atoms in total. The monoisotopic (exact) mass is 305 g/mol.